The van der Waals surface area contributed by atoms with E-state index in [0.29, 0.717) is 5.75 Å². The van der Waals surface area contributed by atoms with Crippen LogP contribution in [0, 0.1) is 0 Å². The molecule has 23 heavy (non-hydrogen) atoms. The molecule has 2 aromatic rings. The SMILES string of the molecule is COc1cc(Br)cc(CN2CCN(c3ccccc3)CC2)c1O. The van der Waals surface area contributed by atoms with E-state index in [1.54, 1.807) is 13.2 Å². The van der Waals surface area contributed by atoms with Crippen LogP contribution >= 0.6 is 15.9 Å². The molecule has 0 radical (unpaired) electrons. The van der Waals surface area contributed by atoms with Crippen LogP contribution in [-0.2, 0) is 6.54 Å². The Balaban J connectivity index is 1.64. The van der Waals surface area contributed by atoms with Crippen molar-refractivity contribution in [2.45, 2.75) is 6.54 Å². The van der Waals surface area contributed by atoms with Gasteiger partial charge >= 0.3 is 0 Å². The van der Waals surface area contributed by atoms with Gasteiger partial charge in [0.25, 0.3) is 0 Å². The first kappa shape index (κ1) is 16.1. The van der Waals surface area contributed by atoms with E-state index in [4.69, 9.17) is 4.74 Å². The largest absolute Gasteiger partial charge is 0.504 e. The highest BCUT2D eigenvalue weighted by Gasteiger charge is 2.19. The van der Waals surface area contributed by atoms with Crippen LogP contribution in [0.4, 0.5) is 5.69 Å². The lowest BCUT2D eigenvalue weighted by Crippen LogP contribution is -2.45. The summed E-state index contributed by atoms with van der Waals surface area (Å²) in [6.45, 7) is 4.67. The summed E-state index contributed by atoms with van der Waals surface area (Å²) >= 11 is 3.48. The number of nitrogens with zero attached hydrogens (tertiary/aromatic N) is 2. The molecule has 3 rings (SSSR count). The number of ether oxygens (including phenoxy) is 1. The second-order valence-corrected chi connectivity index (χ2v) is 6.63. The van der Waals surface area contributed by atoms with Crippen LogP contribution in [0.25, 0.3) is 0 Å². The van der Waals surface area contributed by atoms with E-state index in [2.05, 4.69) is 50.0 Å². The summed E-state index contributed by atoms with van der Waals surface area (Å²) in [6.07, 6.45) is 0. The minimum atomic E-state index is 0.237. The van der Waals surface area contributed by atoms with E-state index >= 15 is 0 Å². The van der Waals surface area contributed by atoms with E-state index in [9.17, 15) is 5.11 Å². The van der Waals surface area contributed by atoms with Crippen molar-refractivity contribution in [1.29, 1.82) is 0 Å². The zero-order chi connectivity index (χ0) is 16.2. The quantitative estimate of drug-likeness (QED) is 0.885. The van der Waals surface area contributed by atoms with Gasteiger partial charge in [-0.15, -0.1) is 0 Å². The molecule has 2 aromatic carbocycles. The van der Waals surface area contributed by atoms with Gasteiger partial charge in [-0.3, -0.25) is 4.90 Å². The number of hydrogen-bond acceptors (Lipinski definition) is 4. The van der Waals surface area contributed by atoms with E-state index in [1.165, 1.54) is 5.69 Å². The van der Waals surface area contributed by atoms with Crippen molar-refractivity contribution in [2.24, 2.45) is 0 Å². The Bertz CT molecular complexity index is 656. The number of halogens is 1. The Morgan fingerprint density at radius 2 is 1.78 bits per heavy atom. The molecule has 0 saturated carbocycles. The predicted octanol–water partition coefficient (Wildman–Crippen LogP) is 3.49. The number of phenolic OH excluding ortho intramolecular Hbond substituents is 1. The minimum absolute atomic E-state index is 0.237. The molecule has 0 amide bonds. The third kappa shape index (κ3) is 3.79. The van der Waals surface area contributed by atoms with Crippen molar-refractivity contribution < 1.29 is 9.84 Å². The summed E-state index contributed by atoms with van der Waals surface area (Å²) in [5, 5.41) is 10.3. The molecular weight excluding hydrogens is 356 g/mol. The van der Waals surface area contributed by atoms with Crippen LogP contribution in [0.1, 0.15) is 5.56 Å². The summed E-state index contributed by atoms with van der Waals surface area (Å²) in [6, 6.07) is 14.2. The molecule has 1 aliphatic rings. The lowest BCUT2D eigenvalue weighted by Gasteiger charge is -2.36. The number of para-hydroxylation sites is 1. The molecule has 4 nitrogen and oxygen atoms in total. The summed E-state index contributed by atoms with van der Waals surface area (Å²) < 4.78 is 6.15. The van der Waals surface area contributed by atoms with Crippen molar-refractivity contribution in [2.75, 3.05) is 38.2 Å². The number of methoxy groups -OCH3 is 1. The van der Waals surface area contributed by atoms with E-state index < -0.39 is 0 Å². The summed E-state index contributed by atoms with van der Waals surface area (Å²) in [5.41, 5.74) is 2.17. The van der Waals surface area contributed by atoms with E-state index in [-0.39, 0.29) is 5.75 Å². The van der Waals surface area contributed by atoms with Gasteiger partial charge in [0.05, 0.1) is 7.11 Å². The average Bonchev–Trinajstić information content (AvgIpc) is 2.59. The van der Waals surface area contributed by atoms with Crippen LogP contribution in [0.5, 0.6) is 11.5 Å². The maximum Gasteiger partial charge on any atom is 0.162 e. The topological polar surface area (TPSA) is 35.9 Å². The van der Waals surface area contributed by atoms with Crippen molar-refractivity contribution >= 4 is 21.6 Å². The third-order valence-corrected chi connectivity index (χ3v) is 4.68. The molecule has 1 aliphatic heterocycles. The maximum atomic E-state index is 10.3. The van der Waals surface area contributed by atoms with Crippen LogP contribution in [-0.4, -0.2) is 43.3 Å². The molecule has 0 atom stereocenters. The Morgan fingerprint density at radius 1 is 1.09 bits per heavy atom. The molecule has 0 spiro atoms. The van der Waals surface area contributed by atoms with Gasteiger partial charge < -0.3 is 14.7 Å². The number of rotatable bonds is 4. The lowest BCUT2D eigenvalue weighted by molar-refractivity contribution is 0.245. The molecular formula is C18H21BrN2O2. The van der Waals surface area contributed by atoms with Gasteiger partial charge in [0.1, 0.15) is 0 Å². The highest BCUT2D eigenvalue weighted by atomic mass is 79.9. The standard InChI is InChI=1S/C18H21BrN2O2/c1-23-17-12-15(19)11-14(18(17)22)13-20-7-9-21(10-8-20)16-5-3-2-4-6-16/h2-6,11-12,22H,7-10,13H2,1H3. The molecule has 1 heterocycles. The predicted molar refractivity (Wildman–Crippen MR) is 96.3 cm³/mol. The third-order valence-electron chi connectivity index (χ3n) is 4.23. The van der Waals surface area contributed by atoms with Gasteiger partial charge in [0.2, 0.25) is 0 Å². The first-order valence-corrected chi connectivity index (χ1v) is 8.54. The molecule has 0 aliphatic carbocycles. The Kier molecular flexibility index (Phi) is 5.08. The zero-order valence-electron chi connectivity index (χ0n) is 13.2. The number of anilines is 1. The molecule has 122 valence electrons. The number of hydrogen-bond donors (Lipinski definition) is 1. The lowest BCUT2D eigenvalue weighted by atomic mass is 10.1. The van der Waals surface area contributed by atoms with E-state index in [1.807, 2.05) is 12.1 Å². The van der Waals surface area contributed by atoms with Gasteiger partial charge in [-0.1, -0.05) is 34.1 Å². The van der Waals surface area contributed by atoms with Crippen molar-refractivity contribution in [3.05, 3.63) is 52.5 Å². The molecule has 0 aromatic heterocycles. The smallest absolute Gasteiger partial charge is 0.162 e. The normalized spacial score (nSPS) is 15.7. The highest BCUT2D eigenvalue weighted by Crippen LogP contribution is 2.34. The van der Waals surface area contributed by atoms with Crippen LogP contribution in [0.3, 0.4) is 0 Å². The van der Waals surface area contributed by atoms with Crippen LogP contribution < -0.4 is 9.64 Å². The average molecular weight is 377 g/mol. The Labute approximate surface area is 145 Å². The molecule has 5 heteroatoms. The molecule has 1 N–H and O–H groups in total. The van der Waals surface area contributed by atoms with Crippen molar-refractivity contribution in [3.8, 4) is 11.5 Å². The molecule has 0 bridgehead atoms. The number of piperazine rings is 1. The minimum Gasteiger partial charge on any atom is -0.504 e. The zero-order valence-corrected chi connectivity index (χ0v) is 14.8. The molecule has 0 unspecified atom stereocenters. The van der Waals surface area contributed by atoms with Crippen molar-refractivity contribution in [3.63, 3.8) is 0 Å². The number of aromatic hydroxyl groups is 1. The number of phenols is 1. The Morgan fingerprint density at radius 3 is 2.43 bits per heavy atom. The second-order valence-electron chi connectivity index (χ2n) is 5.71. The van der Waals surface area contributed by atoms with Gasteiger partial charge in [-0.2, -0.15) is 0 Å². The second kappa shape index (κ2) is 7.23. The fraction of sp³-hybridized carbons (Fsp3) is 0.333. The fourth-order valence-electron chi connectivity index (χ4n) is 2.95. The molecule has 1 saturated heterocycles. The maximum absolute atomic E-state index is 10.3. The highest BCUT2D eigenvalue weighted by molar-refractivity contribution is 9.10. The van der Waals surface area contributed by atoms with Crippen molar-refractivity contribution in [1.82, 2.24) is 4.90 Å². The summed E-state index contributed by atoms with van der Waals surface area (Å²) in [4.78, 5) is 4.76. The Hall–Kier alpha value is -1.72. The van der Waals surface area contributed by atoms with Gasteiger partial charge in [-0.05, 0) is 24.3 Å². The van der Waals surface area contributed by atoms with Gasteiger partial charge in [0.15, 0.2) is 11.5 Å². The van der Waals surface area contributed by atoms with Gasteiger partial charge in [0, 0.05) is 48.4 Å². The monoisotopic (exact) mass is 376 g/mol. The first-order chi connectivity index (χ1) is 11.2. The summed E-state index contributed by atoms with van der Waals surface area (Å²) in [5.74, 6) is 0.749. The molecule has 1 fully saturated rings. The fourth-order valence-corrected chi connectivity index (χ4v) is 3.43. The summed E-state index contributed by atoms with van der Waals surface area (Å²) in [7, 11) is 1.57. The van der Waals surface area contributed by atoms with E-state index in [0.717, 1.165) is 42.8 Å². The number of benzene rings is 2. The van der Waals surface area contributed by atoms with Gasteiger partial charge in [-0.25, -0.2) is 0 Å². The first-order valence-electron chi connectivity index (χ1n) is 7.75. The van der Waals surface area contributed by atoms with Crippen LogP contribution in [0.2, 0.25) is 0 Å². The van der Waals surface area contributed by atoms with Crippen LogP contribution in [0.15, 0.2) is 46.9 Å².